The van der Waals surface area contributed by atoms with Crippen molar-refractivity contribution in [3.05, 3.63) is 59.4 Å². The van der Waals surface area contributed by atoms with Crippen molar-refractivity contribution < 1.29 is 17.6 Å². The van der Waals surface area contributed by atoms with Crippen molar-refractivity contribution in [3.8, 4) is 0 Å². The van der Waals surface area contributed by atoms with Gasteiger partial charge in [0, 0.05) is 31.9 Å². The van der Waals surface area contributed by atoms with Crippen molar-refractivity contribution >= 4 is 21.6 Å². The smallest absolute Gasteiger partial charge is 0.243 e. The van der Waals surface area contributed by atoms with Crippen LogP contribution in [-0.2, 0) is 14.8 Å². The maximum atomic E-state index is 13.2. The van der Waals surface area contributed by atoms with Gasteiger partial charge in [-0.2, -0.15) is 4.31 Å². The molecule has 0 radical (unpaired) electrons. The maximum absolute atomic E-state index is 13.2. The van der Waals surface area contributed by atoms with E-state index in [9.17, 15) is 17.6 Å². The highest BCUT2D eigenvalue weighted by Crippen LogP contribution is 2.22. The quantitative estimate of drug-likeness (QED) is 0.786. The largest absolute Gasteiger partial charge is 0.324 e. The van der Waals surface area contributed by atoms with Crippen LogP contribution in [0.15, 0.2) is 47.4 Å². The maximum Gasteiger partial charge on any atom is 0.243 e. The molecule has 1 aliphatic rings. The van der Waals surface area contributed by atoms with Crippen LogP contribution in [0.25, 0.3) is 0 Å². The topological polar surface area (TPSA) is 69.7 Å². The van der Waals surface area contributed by atoms with E-state index in [0.717, 1.165) is 28.9 Å². The zero-order valence-electron chi connectivity index (χ0n) is 17.6. The standard InChI is InChI=1S/C22H28FN3O3S/c1-16-6-4-7-17(2)21(16)24-22(27)18(3)25-12-5-13-26(15-14-25)30(28,29)20-10-8-19(23)9-11-20/h4,6-11,18H,5,12-15H2,1-3H3,(H,24,27). The second kappa shape index (κ2) is 9.24. The Morgan fingerprint density at radius 3 is 2.27 bits per heavy atom. The Kier molecular flexibility index (Phi) is 6.90. The summed E-state index contributed by atoms with van der Waals surface area (Å²) in [5.41, 5.74) is 2.83. The molecule has 1 saturated heterocycles. The van der Waals surface area contributed by atoms with Crippen molar-refractivity contribution in [1.29, 1.82) is 0 Å². The molecule has 0 aromatic heterocycles. The fourth-order valence-corrected chi connectivity index (χ4v) is 5.17. The number of hydrogen-bond donors (Lipinski definition) is 1. The SMILES string of the molecule is Cc1cccc(C)c1NC(=O)C(C)N1CCCN(S(=O)(=O)c2ccc(F)cc2)CC1. The van der Waals surface area contributed by atoms with Crippen LogP contribution in [0.4, 0.5) is 10.1 Å². The first-order valence-electron chi connectivity index (χ1n) is 10.1. The number of para-hydroxylation sites is 1. The number of rotatable bonds is 5. The molecule has 0 bridgehead atoms. The number of nitrogens with one attached hydrogen (secondary N) is 1. The van der Waals surface area contributed by atoms with Gasteiger partial charge >= 0.3 is 0 Å². The zero-order valence-corrected chi connectivity index (χ0v) is 18.4. The highest BCUT2D eigenvalue weighted by molar-refractivity contribution is 7.89. The summed E-state index contributed by atoms with van der Waals surface area (Å²) in [7, 11) is -3.69. The molecule has 3 rings (SSSR count). The minimum atomic E-state index is -3.69. The Morgan fingerprint density at radius 2 is 1.63 bits per heavy atom. The van der Waals surface area contributed by atoms with Crippen LogP contribution in [0, 0.1) is 19.7 Å². The second-order valence-corrected chi connectivity index (χ2v) is 9.62. The van der Waals surface area contributed by atoms with Gasteiger partial charge in [-0.3, -0.25) is 9.69 Å². The van der Waals surface area contributed by atoms with Crippen LogP contribution in [-0.4, -0.2) is 55.8 Å². The van der Waals surface area contributed by atoms with Crippen LogP contribution in [0.2, 0.25) is 0 Å². The van der Waals surface area contributed by atoms with Gasteiger partial charge in [-0.15, -0.1) is 0 Å². The number of halogens is 1. The number of anilines is 1. The van der Waals surface area contributed by atoms with Gasteiger partial charge < -0.3 is 5.32 Å². The molecule has 162 valence electrons. The Hall–Kier alpha value is -2.29. The average Bonchev–Trinajstić information content (AvgIpc) is 2.97. The molecule has 8 heteroatoms. The van der Waals surface area contributed by atoms with Crippen molar-refractivity contribution in [2.75, 3.05) is 31.5 Å². The van der Waals surface area contributed by atoms with E-state index in [0.29, 0.717) is 26.1 Å². The van der Waals surface area contributed by atoms with Gasteiger partial charge in [-0.25, -0.2) is 12.8 Å². The molecule has 30 heavy (non-hydrogen) atoms. The monoisotopic (exact) mass is 433 g/mol. The fraction of sp³-hybridized carbons (Fsp3) is 0.409. The third-order valence-electron chi connectivity index (χ3n) is 5.60. The molecule has 2 aromatic rings. The number of hydrogen-bond acceptors (Lipinski definition) is 4. The molecule has 1 N–H and O–H groups in total. The van der Waals surface area contributed by atoms with Crippen LogP contribution >= 0.6 is 0 Å². The molecule has 1 heterocycles. The summed E-state index contributed by atoms with van der Waals surface area (Å²) in [5, 5.41) is 3.02. The van der Waals surface area contributed by atoms with Gasteiger partial charge in [0.1, 0.15) is 5.82 Å². The van der Waals surface area contributed by atoms with E-state index in [1.54, 1.807) is 0 Å². The van der Waals surface area contributed by atoms with Gasteiger partial charge in [-0.05, 0) is 62.6 Å². The number of carbonyl (C=O) groups excluding carboxylic acids is 1. The molecule has 1 aliphatic heterocycles. The molecule has 2 aromatic carbocycles. The number of nitrogens with zero attached hydrogens (tertiary/aromatic N) is 2. The normalized spacial score (nSPS) is 17.3. The number of aryl methyl sites for hydroxylation is 2. The molecule has 1 fully saturated rings. The summed E-state index contributed by atoms with van der Waals surface area (Å²) in [5.74, 6) is -0.582. The minimum Gasteiger partial charge on any atom is -0.324 e. The summed E-state index contributed by atoms with van der Waals surface area (Å²) in [4.78, 5) is 14.9. The number of benzene rings is 2. The highest BCUT2D eigenvalue weighted by Gasteiger charge is 2.30. The van der Waals surface area contributed by atoms with E-state index in [1.807, 2.05) is 43.9 Å². The lowest BCUT2D eigenvalue weighted by molar-refractivity contribution is -0.120. The average molecular weight is 434 g/mol. The lowest BCUT2D eigenvalue weighted by Gasteiger charge is -2.27. The summed E-state index contributed by atoms with van der Waals surface area (Å²) >= 11 is 0. The Morgan fingerprint density at radius 1 is 1.00 bits per heavy atom. The first-order chi connectivity index (χ1) is 14.2. The lowest BCUT2D eigenvalue weighted by atomic mass is 10.1. The van der Waals surface area contributed by atoms with Gasteiger partial charge in [-0.1, -0.05) is 18.2 Å². The van der Waals surface area contributed by atoms with Gasteiger partial charge in [0.15, 0.2) is 0 Å². The number of sulfonamides is 1. The first kappa shape index (κ1) is 22.4. The fourth-order valence-electron chi connectivity index (χ4n) is 3.70. The van der Waals surface area contributed by atoms with Crippen LogP contribution in [0.1, 0.15) is 24.5 Å². The summed E-state index contributed by atoms with van der Waals surface area (Å²) < 4.78 is 40.3. The Balaban J connectivity index is 1.67. The zero-order chi connectivity index (χ0) is 21.9. The van der Waals surface area contributed by atoms with E-state index in [-0.39, 0.29) is 17.3 Å². The Labute approximate surface area is 177 Å². The van der Waals surface area contributed by atoms with Crippen LogP contribution in [0.5, 0.6) is 0 Å². The van der Waals surface area contributed by atoms with E-state index in [1.165, 1.54) is 16.4 Å². The van der Waals surface area contributed by atoms with Gasteiger partial charge in [0.05, 0.1) is 10.9 Å². The third kappa shape index (κ3) is 4.88. The predicted octanol–water partition coefficient (Wildman–Crippen LogP) is 3.17. The molecule has 1 amide bonds. The summed E-state index contributed by atoms with van der Waals surface area (Å²) in [6.45, 7) is 7.46. The predicted molar refractivity (Wildman–Crippen MR) is 115 cm³/mol. The summed E-state index contributed by atoms with van der Waals surface area (Å²) in [6, 6.07) is 10.3. The molecule has 6 nitrogen and oxygen atoms in total. The first-order valence-corrected chi connectivity index (χ1v) is 11.5. The van der Waals surface area contributed by atoms with E-state index < -0.39 is 21.9 Å². The highest BCUT2D eigenvalue weighted by atomic mass is 32.2. The van der Waals surface area contributed by atoms with Gasteiger partial charge in [0.2, 0.25) is 15.9 Å². The van der Waals surface area contributed by atoms with Crippen molar-refractivity contribution in [2.45, 2.75) is 38.1 Å². The van der Waals surface area contributed by atoms with E-state index >= 15 is 0 Å². The molecule has 0 saturated carbocycles. The van der Waals surface area contributed by atoms with E-state index in [2.05, 4.69) is 5.32 Å². The number of carbonyl (C=O) groups is 1. The molecular weight excluding hydrogens is 405 g/mol. The van der Waals surface area contributed by atoms with Crippen LogP contribution in [0.3, 0.4) is 0 Å². The third-order valence-corrected chi connectivity index (χ3v) is 7.51. The molecule has 0 spiro atoms. The molecular formula is C22H28FN3O3S. The van der Waals surface area contributed by atoms with Crippen molar-refractivity contribution in [1.82, 2.24) is 9.21 Å². The van der Waals surface area contributed by atoms with Crippen LogP contribution < -0.4 is 5.32 Å². The minimum absolute atomic E-state index is 0.0816. The van der Waals surface area contributed by atoms with Crippen molar-refractivity contribution in [2.24, 2.45) is 0 Å². The van der Waals surface area contributed by atoms with E-state index in [4.69, 9.17) is 0 Å². The second-order valence-electron chi connectivity index (χ2n) is 7.68. The summed E-state index contributed by atoms with van der Waals surface area (Å²) in [6.07, 6.45) is 0.613. The molecule has 1 atom stereocenters. The lowest BCUT2D eigenvalue weighted by Crippen LogP contribution is -2.44. The number of amides is 1. The van der Waals surface area contributed by atoms with Crippen molar-refractivity contribution in [3.63, 3.8) is 0 Å². The molecule has 0 aliphatic carbocycles. The molecule has 1 unspecified atom stereocenters. The van der Waals surface area contributed by atoms with Gasteiger partial charge in [0.25, 0.3) is 0 Å². The Bertz CT molecular complexity index is 989.